The highest BCUT2D eigenvalue weighted by Gasteiger charge is 2.03. The summed E-state index contributed by atoms with van der Waals surface area (Å²) in [5.74, 6) is 0.0427. The zero-order valence-corrected chi connectivity index (χ0v) is 10.6. The fourth-order valence-corrected chi connectivity index (χ4v) is 1.71. The van der Waals surface area contributed by atoms with E-state index in [0.717, 1.165) is 24.9 Å². The number of nitrogens with zero attached hydrogens (tertiary/aromatic N) is 1. The highest BCUT2D eigenvalue weighted by Crippen LogP contribution is 2.05. The first-order valence-corrected chi connectivity index (χ1v) is 6.06. The van der Waals surface area contributed by atoms with Gasteiger partial charge in [-0.05, 0) is 44.0 Å². The van der Waals surface area contributed by atoms with Crippen molar-refractivity contribution in [2.75, 3.05) is 6.54 Å². The van der Waals surface area contributed by atoms with Gasteiger partial charge in [0.15, 0.2) is 0 Å². The van der Waals surface area contributed by atoms with Gasteiger partial charge in [0.25, 0.3) is 0 Å². The second kappa shape index (κ2) is 7.66. The van der Waals surface area contributed by atoms with E-state index in [9.17, 15) is 4.39 Å². The molecule has 1 aromatic rings. The molecule has 0 heterocycles. The molecule has 0 fully saturated rings. The summed E-state index contributed by atoms with van der Waals surface area (Å²) in [7, 11) is 0. The largest absolute Gasteiger partial charge is 0.409 e. The van der Waals surface area contributed by atoms with Crippen LogP contribution in [0, 0.1) is 5.82 Å². The number of amidine groups is 1. The first-order valence-electron chi connectivity index (χ1n) is 6.06. The SMILES string of the molecule is CC(Cc1ccc(F)cc1)NCCC/C(N)=N/O. The first kappa shape index (κ1) is 14.4. The third-order valence-electron chi connectivity index (χ3n) is 2.69. The highest BCUT2D eigenvalue weighted by atomic mass is 19.1. The van der Waals surface area contributed by atoms with Gasteiger partial charge in [-0.15, -0.1) is 0 Å². The monoisotopic (exact) mass is 253 g/mol. The molecule has 0 spiro atoms. The second-order valence-corrected chi connectivity index (χ2v) is 4.38. The van der Waals surface area contributed by atoms with Crippen molar-refractivity contribution in [3.8, 4) is 0 Å². The number of nitrogens with one attached hydrogen (secondary N) is 1. The van der Waals surface area contributed by atoms with Crippen LogP contribution in [0.5, 0.6) is 0 Å². The lowest BCUT2D eigenvalue weighted by Gasteiger charge is -2.13. The van der Waals surface area contributed by atoms with Crippen LogP contribution in [0.3, 0.4) is 0 Å². The Kier molecular flexibility index (Phi) is 6.14. The van der Waals surface area contributed by atoms with E-state index in [0.29, 0.717) is 12.5 Å². The molecule has 0 amide bonds. The van der Waals surface area contributed by atoms with Crippen LogP contribution in [0.15, 0.2) is 29.4 Å². The van der Waals surface area contributed by atoms with Crippen molar-refractivity contribution in [1.29, 1.82) is 0 Å². The van der Waals surface area contributed by atoms with Crippen molar-refractivity contribution in [1.82, 2.24) is 5.32 Å². The molecule has 4 nitrogen and oxygen atoms in total. The lowest BCUT2D eigenvalue weighted by atomic mass is 10.1. The summed E-state index contributed by atoms with van der Waals surface area (Å²) in [6.07, 6.45) is 2.25. The molecule has 0 bridgehead atoms. The molecular weight excluding hydrogens is 233 g/mol. The van der Waals surface area contributed by atoms with Crippen molar-refractivity contribution in [2.24, 2.45) is 10.9 Å². The summed E-state index contributed by atoms with van der Waals surface area (Å²) in [6.45, 7) is 2.88. The summed E-state index contributed by atoms with van der Waals surface area (Å²) in [5.41, 5.74) is 6.47. The average Bonchev–Trinajstić information content (AvgIpc) is 2.37. The Morgan fingerprint density at radius 1 is 1.44 bits per heavy atom. The lowest BCUT2D eigenvalue weighted by molar-refractivity contribution is 0.316. The van der Waals surface area contributed by atoms with Crippen molar-refractivity contribution >= 4 is 5.84 Å². The standard InChI is InChI=1S/C13H20FN3O/c1-10(16-8-2-3-13(15)17-18)9-11-4-6-12(14)7-5-11/h4-7,10,16,18H,2-3,8-9H2,1H3,(H2,15,17). The zero-order valence-electron chi connectivity index (χ0n) is 10.6. The fourth-order valence-electron chi connectivity index (χ4n) is 1.71. The molecule has 4 N–H and O–H groups in total. The van der Waals surface area contributed by atoms with Crippen LogP contribution in [-0.2, 0) is 6.42 Å². The molecule has 100 valence electrons. The molecule has 5 heteroatoms. The van der Waals surface area contributed by atoms with Crippen LogP contribution in [-0.4, -0.2) is 23.6 Å². The average molecular weight is 253 g/mol. The number of benzene rings is 1. The number of hydrogen-bond acceptors (Lipinski definition) is 3. The van der Waals surface area contributed by atoms with Gasteiger partial charge in [-0.2, -0.15) is 0 Å². The second-order valence-electron chi connectivity index (χ2n) is 4.38. The van der Waals surface area contributed by atoms with Gasteiger partial charge in [0.1, 0.15) is 11.7 Å². The predicted molar refractivity (Wildman–Crippen MR) is 70.2 cm³/mol. The Hall–Kier alpha value is -1.62. The molecule has 0 radical (unpaired) electrons. The zero-order chi connectivity index (χ0) is 13.4. The van der Waals surface area contributed by atoms with Crippen molar-refractivity contribution in [3.05, 3.63) is 35.6 Å². The van der Waals surface area contributed by atoms with Gasteiger partial charge in [0.2, 0.25) is 0 Å². The Morgan fingerprint density at radius 2 is 2.11 bits per heavy atom. The van der Waals surface area contributed by atoms with E-state index in [1.165, 1.54) is 12.1 Å². The molecule has 0 saturated heterocycles. The Labute approximate surface area is 107 Å². The van der Waals surface area contributed by atoms with Gasteiger partial charge in [0, 0.05) is 12.5 Å². The Morgan fingerprint density at radius 3 is 2.72 bits per heavy atom. The Balaban J connectivity index is 2.21. The van der Waals surface area contributed by atoms with Gasteiger partial charge < -0.3 is 16.3 Å². The quantitative estimate of drug-likeness (QED) is 0.228. The summed E-state index contributed by atoms with van der Waals surface area (Å²) < 4.78 is 12.7. The molecule has 1 rings (SSSR count). The van der Waals surface area contributed by atoms with Crippen molar-refractivity contribution in [3.63, 3.8) is 0 Å². The van der Waals surface area contributed by atoms with Crippen LogP contribution in [0.25, 0.3) is 0 Å². The molecule has 0 aliphatic heterocycles. The van der Waals surface area contributed by atoms with Gasteiger partial charge >= 0.3 is 0 Å². The van der Waals surface area contributed by atoms with E-state index >= 15 is 0 Å². The smallest absolute Gasteiger partial charge is 0.139 e. The number of halogens is 1. The minimum absolute atomic E-state index is 0.210. The maximum atomic E-state index is 12.7. The van der Waals surface area contributed by atoms with Crippen LogP contribution in [0.2, 0.25) is 0 Å². The molecule has 0 aromatic heterocycles. The van der Waals surface area contributed by atoms with Crippen molar-refractivity contribution in [2.45, 2.75) is 32.2 Å². The lowest BCUT2D eigenvalue weighted by Crippen LogP contribution is -2.29. The van der Waals surface area contributed by atoms with Crippen LogP contribution < -0.4 is 11.1 Å². The third kappa shape index (κ3) is 5.63. The first-order chi connectivity index (χ1) is 8.61. The van der Waals surface area contributed by atoms with Gasteiger partial charge in [-0.25, -0.2) is 4.39 Å². The normalized spacial score (nSPS) is 13.6. The van der Waals surface area contributed by atoms with Crippen LogP contribution >= 0.6 is 0 Å². The third-order valence-corrected chi connectivity index (χ3v) is 2.69. The number of hydrogen-bond donors (Lipinski definition) is 3. The molecule has 18 heavy (non-hydrogen) atoms. The van der Waals surface area contributed by atoms with E-state index in [1.54, 1.807) is 12.1 Å². The van der Waals surface area contributed by atoms with Crippen LogP contribution in [0.1, 0.15) is 25.3 Å². The summed E-state index contributed by atoms with van der Waals surface area (Å²) in [4.78, 5) is 0. The molecular formula is C13H20FN3O. The number of rotatable bonds is 7. The van der Waals surface area contributed by atoms with E-state index in [4.69, 9.17) is 10.9 Å². The maximum absolute atomic E-state index is 12.7. The minimum atomic E-state index is -0.210. The molecule has 0 aliphatic rings. The summed E-state index contributed by atoms with van der Waals surface area (Å²) in [5, 5.41) is 14.6. The van der Waals surface area contributed by atoms with E-state index in [2.05, 4.69) is 17.4 Å². The molecule has 0 saturated carbocycles. The summed E-state index contributed by atoms with van der Waals surface area (Å²) >= 11 is 0. The van der Waals surface area contributed by atoms with Crippen LogP contribution in [0.4, 0.5) is 4.39 Å². The summed E-state index contributed by atoms with van der Waals surface area (Å²) in [6, 6.07) is 6.84. The number of oxime groups is 1. The topological polar surface area (TPSA) is 70.6 Å². The minimum Gasteiger partial charge on any atom is -0.409 e. The van der Waals surface area contributed by atoms with E-state index < -0.39 is 0 Å². The van der Waals surface area contributed by atoms with Gasteiger partial charge in [0.05, 0.1) is 0 Å². The van der Waals surface area contributed by atoms with Gasteiger partial charge in [-0.3, -0.25) is 0 Å². The molecule has 1 aromatic carbocycles. The van der Waals surface area contributed by atoms with E-state index in [-0.39, 0.29) is 11.7 Å². The van der Waals surface area contributed by atoms with Crippen molar-refractivity contribution < 1.29 is 9.60 Å². The van der Waals surface area contributed by atoms with Gasteiger partial charge in [-0.1, -0.05) is 17.3 Å². The fraction of sp³-hybridized carbons (Fsp3) is 0.462. The predicted octanol–water partition coefficient (Wildman–Crippen LogP) is 1.87. The molecule has 1 atom stereocenters. The molecule has 1 unspecified atom stereocenters. The Bertz CT molecular complexity index is 378. The number of nitrogens with two attached hydrogens (primary N) is 1. The molecule has 0 aliphatic carbocycles. The maximum Gasteiger partial charge on any atom is 0.139 e. The van der Waals surface area contributed by atoms with E-state index in [1.807, 2.05) is 0 Å². The highest BCUT2D eigenvalue weighted by molar-refractivity contribution is 5.79.